The van der Waals surface area contributed by atoms with Gasteiger partial charge >= 0.3 is 6.18 Å². The molecule has 0 saturated carbocycles. The van der Waals surface area contributed by atoms with Gasteiger partial charge in [0.15, 0.2) is 0 Å². The average Bonchev–Trinajstić information content (AvgIpc) is 3.07. The zero-order valence-corrected chi connectivity index (χ0v) is 12.0. The average molecular weight is 315 g/mol. The second-order valence-electron chi connectivity index (χ2n) is 5.48. The molecule has 9 heteroatoms. The van der Waals surface area contributed by atoms with Crippen LogP contribution in [0.3, 0.4) is 0 Å². The predicted octanol–water partition coefficient (Wildman–Crippen LogP) is 2.20. The van der Waals surface area contributed by atoms with Crippen LogP contribution >= 0.6 is 0 Å². The van der Waals surface area contributed by atoms with E-state index in [9.17, 15) is 13.2 Å². The van der Waals surface area contributed by atoms with Crippen molar-refractivity contribution in [2.24, 2.45) is 7.05 Å². The Balaban J connectivity index is 1.66. The first-order chi connectivity index (χ1) is 10.4. The molecule has 120 valence electrons. The van der Waals surface area contributed by atoms with Crippen molar-refractivity contribution in [2.75, 3.05) is 13.1 Å². The third-order valence-corrected chi connectivity index (χ3v) is 3.81. The molecule has 1 unspecified atom stereocenters. The minimum Gasteiger partial charge on any atom is -0.338 e. The van der Waals surface area contributed by atoms with Crippen molar-refractivity contribution in [3.8, 4) is 0 Å². The van der Waals surface area contributed by atoms with E-state index in [0.717, 1.165) is 25.2 Å². The van der Waals surface area contributed by atoms with Gasteiger partial charge in [0.2, 0.25) is 5.89 Å². The minimum atomic E-state index is -4.57. The molecule has 0 radical (unpaired) electrons. The van der Waals surface area contributed by atoms with Gasteiger partial charge in [-0.15, -0.1) is 0 Å². The topological polar surface area (TPSA) is 60.0 Å². The maximum Gasteiger partial charge on any atom is 0.455 e. The van der Waals surface area contributed by atoms with E-state index in [1.54, 1.807) is 6.20 Å². The summed E-state index contributed by atoms with van der Waals surface area (Å²) in [5.74, 6) is 0.0259. The van der Waals surface area contributed by atoms with Gasteiger partial charge in [-0.25, -0.2) is 4.98 Å². The molecule has 3 rings (SSSR count). The highest BCUT2D eigenvalue weighted by atomic mass is 19.4. The van der Waals surface area contributed by atoms with Crippen molar-refractivity contribution in [3.05, 3.63) is 29.9 Å². The highest BCUT2D eigenvalue weighted by Gasteiger charge is 2.37. The smallest absolute Gasteiger partial charge is 0.338 e. The van der Waals surface area contributed by atoms with Crippen LogP contribution in [0, 0.1) is 0 Å². The molecule has 0 spiro atoms. The molecule has 2 aromatic rings. The van der Waals surface area contributed by atoms with Gasteiger partial charge < -0.3 is 9.09 Å². The van der Waals surface area contributed by atoms with Crippen LogP contribution in [0.4, 0.5) is 13.2 Å². The summed E-state index contributed by atoms with van der Waals surface area (Å²) in [5.41, 5.74) is 0. The molecular weight excluding hydrogens is 299 g/mol. The summed E-state index contributed by atoms with van der Waals surface area (Å²) in [6.45, 7) is 1.74. The van der Waals surface area contributed by atoms with E-state index >= 15 is 0 Å². The zero-order chi connectivity index (χ0) is 15.7. The van der Waals surface area contributed by atoms with Gasteiger partial charge in [-0.2, -0.15) is 18.2 Å². The van der Waals surface area contributed by atoms with Crippen LogP contribution in [0.2, 0.25) is 0 Å². The van der Waals surface area contributed by atoms with E-state index in [2.05, 4.69) is 15.1 Å². The molecule has 1 aliphatic heterocycles. The second-order valence-corrected chi connectivity index (χ2v) is 5.48. The first-order valence-corrected chi connectivity index (χ1v) is 7.03. The molecule has 0 bridgehead atoms. The molecule has 0 aliphatic carbocycles. The lowest BCUT2D eigenvalue weighted by Gasteiger charge is -2.31. The number of rotatable bonds is 3. The van der Waals surface area contributed by atoms with Crippen molar-refractivity contribution in [3.63, 3.8) is 0 Å². The quantitative estimate of drug-likeness (QED) is 0.869. The summed E-state index contributed by atoms with van der Waals surface area (Å²) in [4.78, 5) is 9.79. The van der Waals surface area contributed by atoms with Crippen molar-refractivity contribution in [1.82, 2.24) is 24.6 Å². The van der Waals surface area contributed by atoms with Crippen LogP contribution < -0.4 is 0 Å². The summed E-state index contributed by atoms with van der Waals surface area (Å²) < 4.78 is 44.1. The number of likely N-dealkylation sites (tertiary alicyclic amines) is 1. The van der Waals surface area contributed by atoms with E-state index in [0.29, 0.717) is 6.54 Å². The number of imidazole rings is 1. The molecule has 0 aromatic carbocycles. The lowest BCUT2D eigenvalue weighted by molar-refractivity contribution is -0.146. The van der Waals surface area contributed by atoms with E-state index < -0.39 is 12.0 Å². The van der Waals surface area contributed by atoms with E-state index in [1.165, 1.54) is 0 Å². The first kappa shape index (κ1) is 15.0. The van der Waals surface area contributed by atoms with Gasteiger partial charge in [-0.3, -0.25) is 4.90 Å². The lowest BCUT2D eigenvalue weighted by atomic mass is 9.97. The molecule has 0 amide bonds. The predicted molar refractivity (Wildman–Crippen MR) is 69.8 cm³/mol. The Kier molecular flexibility index (Phi) is 3.90. The fourth-order valence-corrected chi connectivity index (χ4v) is 2.81. The number of hydrogen-bond donors (Lipinski definition) is 0. The van der Waals surface area contributed by atoms with Gasteiger partial charge in [0.25, 0.3) is 5.82 Å². The summed E-state index contributed by atoms with van der Waals surface area (Å²) in [6, 6.07) is 0. The Morgan fingerprint density at radius 3 is 2.86 bits per heavy atom. The number of piperidine rings is 1. The third-order valence-electron chi connectivity index (χ3n) is 3.81. The summed E-state index contributed by atoms with van der Waals surface area (Å²) >= 11 is 0. The number of aryl methyl sites for hydroxylation is 1. The zero-order valence-electron chi connectivity index (χ0n) is 12.0. The number of hydrogen-bond acceptors (Lipinski definition) is 5. The normalized spacial score (nSPS) is 20.5. The number of aromatic nitrogens is 4. The van der Waals surface area contributed by atoms with E-state index in [-0.39, 0.29) is 18.4 Å². The summed E-state index contributed by atoms with van der Waals surface area (Å²) in [5, 5.41) is 2.98. The third kappa shape index (κ3) is 3.13. The van der Waals surface area contributed by atoms with E-state index in [4.69, 9.17) is 4.52 Å². The van der Waals surface area contributed by atoms with Gasteiger partial charge in [0.1, 0.15) is 5.82 Å². The van der Waals surface area contributed by atoms with Crippen LogP contribution in [0.1, 0.15) is 36.3 Å². The highest BCUT2D eigenvalue weighted by Crippen LogP contribution is 2.28. The van der Waals surface area contributed by atoms with Crippen molar-refractivity contribution in [1.29, 1.82) is 0 Å². The second kappa shape index (κ2) is 5.71. The Morgan fingerprint density at radius 2 is 2.23 bits per heavy atom. The first-order valence-electron chi connectivity index (χ1n) is 7.03. The number of alkyl halides is 3. The summed E-state index contributed by atoms with van der Waals surface area (Å²) in [6.07, 6.45) is 1.04. The van der Waals surface area contributed by atoms with Gasteiger partial charge in [-0.1, -0.05) is 5.16 Å². The molecule has 2 aromatic heterocycles. The van der Waals surface area contributed by atoms with Crippen molar-refractivity contribution >= 4 is 0 Å². The molecule has 22 heavy (non-hydrogen) atoms. The van der Waals surface area contributed by atoms with Gasteiger partial charge in [0, 0.05) is 31.9 Å². The SMILES string of the molecule is Cn1ccnc1C1CCCN(Cc2nc(C(F)(F)F)no2)C1. The largest absolute Gasteiger partial charge is 0.455 e. The molecule has 1 saturated heterocycles. The van der Waals surface area contributed by atoms with Crippen LogP contribution in [0.15, 0.2) is 16.9 Å². The van der Waals surface area contributed by atoms with Crippen molar-refractivity contribution < 1.29 is 17.7 Å². The molecule has 1 atom stereocenters. The van der Waals surface area contributed by atoms with Gasteiger partial charge in [-0.05, 0) is 19.4 Å². The molecule has 3 heterocycles. The Labute approximate surface area is 124 Å². The Morgan fingerprint density at radius 1 is 1.41 bits per heavy atom. The number of nitrogens with zero attached hydrogens (tertiary/aromatic N) is 5. The highest BCUT2D eigenvalue weighted by molar-refractivity contribution is 5.03. The molecule has 0 N–H and O–H groups in total. The van der Waals surface area contributed by atoms with Gasteiger partial charge in [0.05, 0.1) is 6.54 Å². The van der Waals surface area contributed by atoms with Crippen LogP contribution in [0.5, 0.6) is 0 Å². The fourth-order valence-electron chi connectivity index (χ4n) is 2.81. The minimum absolute atomic E-state index is 0.00665. The maximum absolute atomic E-state index is 12.5. The van der Waals surface area contributed by atoms with Crippen LogP contribution in [-0.2, 0) is 19.8 Å². The Bertz CT molecular complexity index is 636. The van der Waals surface area contributed by atoms with Crippen molar-refractivity contribution in [2.45, 2.75) is 31.5 Å². The summed E-state index contributed by atoms with van der Waals surface area (Å²) in [7, 11) is 1.94. The lowest BCUT2D eigenvalue weighted by Crippen LogP contribution is -2.34. The Hall–Kier alpha value is -1.90. The number of halogens is 3. The maximum atomic E-state index is 12.5. The molecule has 1 aliphatic rings. The molecular formula is C13H16F3N5O. The molecule has 1 fully saturated rings. The molecule has 6 nitrogen and oxygen atoms in total. The fraction of sp³-hybridized carbons (Fsp3) is 0.615. The monoisotopic (exact) mass is 315 g/mol. The standard InChI is InChI=1S/C13H16F3N5O/c1-20-6-4-17-11(20)9-3-2-5-21(7-9)8-10-18-12(19-22-10)13(14,15)16/h4,6,9H,2-3,5,7-8H2,1H3. The van der Waals surface area contributed by atoms with Crippen LogP contribution in [-0.4, -0.2) is 37.7 Å². The van der Waals surface area contributed by atoms with E-state index in [1.807, 2.05) is 22.7 Å². The van der Waals surface area contributed by atoms with Crippen LogP contribution in [0.25, 0.3) is 0 Å².